The van der Waals surface area contributed by atoms with Crippen molar-refractivity contribution >= 4 is 0 Å². The van der Waals surface area contributed by atoms with E-state index in [-0.39, 0.29) is 6.61 Å². The van der Waals surface area contributed by atoms with E-state index in [1.165, 1.54) is 0 Å². The van der Waals surface area contributed by atoms with E-state index in [9.17, 15) is 0 Å². The second-order valence-electron chi connectivity index (χ2n) is 3.16. The Morgan fingerprint density at radius 1 is 0.933 bits per heavy atom. The summed E-state index contributed by atoms with van der Waals surface area (Å²) in [6.07, 6.45) is 6.55. The van der Waals surface area contributed by atoms with Gasteiger partial charge in [-0.1, -0.05) is 0 Å². The number of nitrogens with zero attached hydrogens (tertiary/aromatic N) is 4. The molecule has 0 aromatic carbocycles. The third kappa shape index (κ3) is 2.13. The van der Waals surface area contributed by atoms with Gasteiger partial charge in [-0.25, -0.2) is 19.9 Å². The molecular formula is C10H10N4O. The van der Waals surface area contributed by atoms with Crippen molar-refractivity contribution in [2.24, 2.45) is 0 Å². The zero-order chi connectivity index (χ0) is 10.7. The van der Waals surface area contributed by atoms with Gasteiger partial charge in [-0.15, -0.1) is 0 Å². The van der Waals surface area contributed by atoms with Crippen LogP contribution >= 0.6 is 0 Å². The first-order chi connectivity index (χ1) is 7.29. The summed E-state index contributed by atoms with van der Waals surface area (Å²) in [5.41, 5.74) is 1.66. The van der Waals surface area contributed by atoms with Crippen molar-refractivity contribution in [2.45, 2.75) is 13.5 Å². The van der Waals surface area contributed by atoms with Gasteiger partial charge in [0, 0.05) is 30.4 Å². The molecule has 5 nitrogen and oxygen atoms in total. The SMILES string of the molecule is Cc1cnc(-c2ncc(CO)cn2)nc1. The van der Waals surface area contributed by atoms with E-state index in [1.807, 2.05) is 6.92 Å². The molecule has 0 aliphatic carbocycles. The molecule has 0 atom stereocenters. The average molecular weight is 202 g/mol. The third-order valence-corrected chi connectivity index (χ3v) is 1.87. The van der Waals surface area contributed by atoms with Crippen molar-refractivity contribution < 1.29 is 5.11 Å². The van der Waals surface area contributed by atoms with Crippen LogP contribution in [0.2, 0.25) is 0 Å². The fourth-order valence-corrected chi connectivity index (χ4v) is 1.06. The van der Waals surface area contributed by atoms with Gasteiger partial charge in [0.05, 0.1) is 6.61 Å². The van der Waals surface area contributed by atoms with Crippen molar-refractivity contribution in [3.8, 4) is 11.6 Å². The molecule has 2 aromatic heterocycles. The Balaban J connectivity index is 2.33. The van der Waals surface area contributed by atoms with Crippen LogP contribution in [0.5, 0.6) is 0 Å². The Morgan fingerprint density at radius 3 is 1.87 bits per heavy atom. The highest BCUT2D eigenvalue weighted by Crippen LogP contribution is 2.07. The molecule has 1 N–H and O–H groups in total. The highest BCUT2D eigenvalue weighted by atomic mass is 16.3. The van der Waals surface area contributed by atoms with Crippen molar-refractivity contribution in [2.75, 3.05) is 0 Å². The van der Waals surface area contributed by atoms with Crippen molar-refractivity contribution in [3.63, 3.8) is 0 Å². The summed E-state index contributed by atoms with van der Waals surface area (Å²) in [5.74, 6) is 0.956. The molecule has 2 heterocycles. The molecule has 0 fully saturated rings. The minimum Gasteiger partial charge on any atom is -0.392 e. The van der Waals surface area contributed by atoms with Crippen LogP contribution in [-0.2, 0) is 6.61 Å². The number of aliphatic hydroxyl groups excluding tert-OH is 1. The van der Waals surface area contributed by atoms with Gasteiger partial charge in [0.1, 0.15) is 0 Å². The lowest BCUT2D eigenvalue weighted by molar-refractivity contribution is 0.281. The predicted molar refractivity (Wildman–Crippen MR) is 53.7 cm³/mol. The largest absolute Gasteiger partial charge is 0.392 e. The zero-order valence-electron chi connectivity index (χ0n) is 8.25. The van der Waals surface area contributed by atoms with Gasteiger partial charge >= 0.3 is 0 Å². The van der Waals surface area contributed by atoms with Crippen LogP contribution in [0.15, 0.2) is 24.8 Å². The number of aryl methyl sites for hydroxylation is 1. The van der Waals surface area contributed by atoms with E-state index in [1.54, 1.807) is 24.8 Å². The van der Waals surface area contributed by atoms with E-state index in [0.29, 0.717) is 17.2 Å². The monoisotopic (exact) mass is 202 g/mol. The maximum absolute atomic E-state index is 8.82. The Labute approximate surface area is 86.9 Å². The Kier molecular flexibility index (Phi) is 2.64. The number of rotatable bonds is 2. The van der Waals surface area contributed by atoms with E-state index >= 15 is 0 Å². The average Bonchev–Trinajstić information content (AvgIpc) is 2.30. The molecule has 2 rings (SSSR count). The van der Waals surface area contributed by atoms with Crippen molar-refractivity contribution in [1.29, 1.82) is 0 Å². The second kappa shape index (κ2) is 4.10. The van der Waals surface area contributed by atoms with Crippen LogP contribution < -0.4 is 0 Å². The first kappa shape index (κ1) is 9.67. The summed E-state index contributed by atoms with van der Waals surface area (Å²) in [5, 5.41) is 8.82. The summed E-state index contributed by atoms with van der Waals surface area (Å²) in [6, 6.07) is 0. The van der Waals surface area contributed by atoms with E-state index in [2.05, 4.69) is 19.9 Å². The van der Waals surface area contributed by atoms with Crippen LogP contribution in [0, 0.1) is 6.92 Å². The van der Waals surface area contributed by atoms with Crippen molar-refractivity contribution in [1.82, 2.24) is 19.9 Å². The first-order valence-electron chi connectivity index (χ1n) is 4.50. The van der Waals surface area contributed by atoms with Gasteiger partial charge in [-0.2, -0.15) is 0 Å². The number of aromatic nitrogens is 4. The number of hydrogen-bond acceptors (Lipinski definition) is 5. The topological polar surface area (TPSA) is 71.8 Å². The minimum atomic E-state index is -0.0605. The lowest BCUT2D eigenvalue weighted by Gasteiger charge is -1.99. The Bertz CT molecular complexity index is 438. The minimum absolute atomic E-state index is 0.0605. The van der Waals surface area contributed by atoms with Gasteiger partial charge in [-0.3, -0.25) is 0 Å². The summed E-state index contributed by atoms with van der Waals surface area (Å²) < 4.78 is 0. The predicted octanol–water partition coefficient (Wildman–Crippen LogP) is 0.734. The van der Waals surface area contributed by atoms with Crippen LogP contribution in [0.3, 0.4) is 0 Å². The highest BCUT2D eigenvalue weighted by Gasteiger charge is 2.03. The van der Waals surface area contributed by atoms with E-state index in [4.69, 9.17) is 5.11 Å². The summed E-state index contributed by atoms with van der Waals surface area (Å²) >= 11 is 0. The lowest BCUT2D eigenvalue weighted by atomic mass is 10.3. The van der Waals surface area contributed by atoms with Gasteiger partial charge < -0.3 is 5.11 Å². The third-order valence-electron chi connectivity index (χ3n) is 1.87. The molecule has 15 heavy (non-hydrogen) atoms. The molecule has 0 spiro atoms. The van der Waals surface area contributed by atoms with Gasteiger partial charge in [0.15, 0.2) is 11.6 Å². The molecule has 0 unspecified atom stereocenters. The summed E-state index contributed by atoms with van der Waals surface area (Å²) in [7, 11) is 0. The highest BCUT2D eigenvalue weighted by molar-refractivity contribution is 5.41. The molecule has 76 valence electrons. The lowest BCUT2D eigenvalue weighted by Crippen LogP contribution is -1.96. The second-order valence-corrected chi connectivity index (χ2v) is 3.16. The normalized spacial score (nSPS) is 10.3. The van der Waals surface area contributed by atoms with Crippen molar-refractivity contribution in [3.05, 3.63) is 35.9 Å². The smallest absolute Gasteiger partial charge is 0.197 e. The molecule has 0 saturated heterocycles. The molecule has 0 amide bonds. The quantitative estimate of drug-likeness (QED) is 0.777. The molecule has 2 aromatic rings. The van der Waals surface area contributed by atoms with Gasteiger partial charge in [0.25, 0.3) is 0 Å². The first-order valence-corrected chi connectivity index (χ1v) is 4.50. The van der Waals surface area contributed by atoms with Crippen LogP contribution in [0.25, 0.3) is 11.6 Å². The number of aliphatic hydroxyl groups is 1. The standard InChI is InChI=1S/C10H10N4O/c1-7-2-11-9(12-3-7)10-13-4-8(6-15)5-14-10/h2-5,15H,6H2,1H3. The fraction of sp³-hybridized carbons (Fsp3) is 0.200. The Morgan fingerprint density at radius 2 is 1.40 bits per heavy atom. The van der Waals surface area contributed by atoms with E-state index in [0.717, 1.165) is 5.56 Å². The molecule has 0 radical (unpaired) electrons. The molecule has 0 aliphatic rings. The molecule has 0 aliphatic heterocycles. The summed E-state index contributed by atoms with van der Waals surface area (Å²) in [4.78, 5) is 16.3. The number of hydrogen-bond donors (Lipinski definition) is 1. The maximum atomic E-state index is 8.82. The van der Waals surface area contributed by atoms with Gasteiger partial charge in [-0.05, 0) is 12.5 Å². The zero-order valence-corrected chi connectivity index (χ0v) is 8.25. The molecular weight excluding hydrogens is 192 g/mol. The Hall–Kier alpha value is -1.88. The van der Waals surface area contributed by atoms with Gasteiger partial charge in [0.2, 0.25) is 0 Å². The van der Waals surface area contributed by atoms with Crippen LogP contribution in [0.4, 0.5) is 0 Å². The van der Waals surface area contributed by atoms with Crippen LogP contribution in [-0.4, -0.2) is 25.0 Å². The molecule has 5 heteroatoms. The van der Waals surface area contributed by atoms with Crippen LogP contribution in [0.1, 0.15) is 11.1 Å². The molecule has 0 saturated carbocycles. The summed E-state index contributed by atoms with van der Waals surface area (Å²) in [6.45, 7) is 1.86. The maximum Gasteiger partial charge on any atom is 0.197 e. The fourth-order valence-electron chi connectivity index (χ4n) is 1.06. The van der Waals surface area contributed by atoms with E-state index < -0.39 is 0 Å². The molecule has 0 bridgehead atoms.